The van der Waals surface area contributed by atoms with Crippen molar-refractivity contribution >= 4 is 11.6 Å². The molecule has 2 fully saturated rings. The third-order valence-corrected chi connectivity index (χ3v) is 4.73. The fourth-order valence-electron chi connectivity index (χ4n) is 3.04. The molecular weight excluding hydrogens is 382 g/mol. The largest absolute Gasteiger partial charge is 0.487 e. The van der Waals surface area contributed by atoms with Gasteiger partial charge in [0.2, 0.25) is 5.82 Å². The van der Waals surface area contributed by atoms with Gasteiger partial charge >= 0.3 is 0 Å². The van der Waals surface area contributed by atoms with Gasteiger partial charge in [-0.05, 0) is 44.0 Å². The molecule has 2 aromatic rings. The number of benzene rings is 1. The van der Waals surface area contributed by atoms with Crippen molar-refractivity contribution in [3.8, 4) is 5.75 Å². The van der Waals surface area contributed by atoms with Crippen LogP contribution in [0.4, 0.5) is 14.5 Å². The number of amides is 1. The molecule has 1 saturated carbocycles. The molecule has 2 N–H and O–H groups in total. The predicted molar refractivity (Wildman–Crippen MR) is 102 cm³/mol. The number of aliphatic hydroxyl groups is 1. The minimum absolute atomic E-state index is 0.0765. The van der Waals surface area contributed by atoms with Crippen LogP contribution in [0.1, 0.15) is 32.6 Å². The first kappa shape index (κ1) is 21.1. The predicted octanol–water partition coefficient (Wildman–Crippen LogP) is 3.45. The maximum absolute atomic E-state index is 13.1. The highest BCUT2D eigenvalue weighted by Gasteiger charge is 2.30. The lowest BCUT2D eigenvalue weighted by atomic mass is 9.92. The van der Waals surface area contributed by atoms with Crippen LogP contribution >= 0.6 is 0 Å². The van der Waals surface area contributed by atoms with Crippen molar-refractivity contribution in [1.29, 1.82) is 0 Å². The van der Waals surface area contributed by atoms with Crippen LogP contribution in [0, 0.1) is 11.6 Å². The Morgan fingerprint density at radius 2 is 2.03 bits per heavy atom. The van der Waals surface area contributed by atoms with Crippen molar-refractivity contribution in [2.75, 3.05) is 5.32 Å². The van der Waals surface area contributed by atoms with E-state index in [0.29, 0.717) is 18.5 Å². The van der Waals surface area contributed by atoms with Gasteiger partial charge in [-0.3, -0.25) is 9.78 Å². The number of nitrogens with one attached hydrogen (secondary N) is 1. The lowest BCUT2D eigenvalue weighted by Gasteiger charge is -2.31. The summed E-state index contributed by atoms with van der Waals surface area (Å²) in [7, 11) is 0. The van der Waals surface area contributed by atoms with Gasteiger partial charge in [0.15, 0.2) is 11.6 Å². The fraction of sp³-hybridized carbons (Fsp3) is 0.429. The Morgan fingerprint density at radius 3 is 2.66 bits per heavy atom. The molecule has 0 spiro atoms. The SMILES string of the molecule is CC1CCC(C(=O)Nc2cccnc2)O1.OC1CC(Oc2cccc(F)c2F)C1. The number of aliphatic hydroxyl groups excluding tert-OH is 1. The van der Waals surface area contributed by atoms with Crippen LogP contribution in [0.25, 0.3) is 0 Å². The maximum Gasteiger partial charge on any atom is 0.253 e. The van der Waals surface area contributed by atoms with Crippen LogP contribution in [-0.2, 0) is 9.53 Å². The number of aromatic nitrogens is 1. The Balaban J connectivity index is 0.000000166. The molecule has 2 atom stereocenters. The monoisotopic (exact) mass is 406 g/mol. The number of hydrogen-bond acceptors (Lipinski definition) is 5. The Labute approximate surface area is 167 Å². The number of ether oxygens (including phenoxy) is 2. The third-order valence-electron chi connectivity index (χ3n) is 4.73. The standard InChI is InChI=1S/C11H14N2O2.C10H10F2O2/c1-8-4-5-10(15-8)11(14)13-9-3-2-6-12-7-9;11-8-2-1-3-9(10(8)12)14-7-4-6(13)5-7/h2-3,6-8,10H,4-5H2,1H3,(H,13,14);1-3,6-7,13H,4-5H2. The van der Waals surface area contributed by atoms with Gasteiger partial charge in [0.25, 0.3) is 5.91 Å². The summed E-state index contributed by atoms with van der Waals surface area (Å²) in [6.07, 6.45) is 5.33. The molecule has 0 radical (unpaired) electrons. The molecule has 0 bridgehead atoms. The van der Waals surface area contributed by atoms with Crippen LogP contribution in [0.15, 0.2) is 42.7 Å². The topological polar surface area (TPSA) is 80.7 Å². The quantitative estimate of drug-likeness (QED) is 0.813. The van der Waals surface area contributed by atoms with Crippen molar-refractivity contribution in [3.63, 3.8) is 0 Å². The van der Waals surface area contributed by atoms with Gasteiger partial charge in [-0.15, -0.1) is 0 Å². The lowest BCUT2D eigenvalue weighted by Crippen LogP contribution is -2.37. The van der Waals surface area contributed by atoms with E-state index in [-0.39, 0.29) is 36.1 Å². The van der Waals surface area contributed by atoms with Crippen molar-refractivity contribution in [2.45, 2.75) is 57.0 Å². The summed E-state index contributed by atoms with van der Waals surface area (Å²) in [4.78, 5) is 15.6. The second-order valence-electron chi connectivity index (χ2n) is 7.16. The van der Waals surface area contributed by atoms with Crippen LogP contribution in [0.5, 0.6) is 5.75 Å². The summed E-state index contributed by atoms with van der Waals surface area (Å²) in [6, 6.07) is 7.40. The molecule has 1 aliphatic carbocycles. The Bertz CT molecular complexity index is 816. The highest BCUT2D eigenvalue weighted by molar-refractivity contribution is 5.94. The summed E-state index contributed by atoms with van der Waals surface area (Å²) < 4.78 is 36.4. The van der Waals surface area contributed by atoms with Crippen molar-refractivity contribution in [2.24, 2.45) is 0 Å². The molecule has 156 valence electrons. The van der Waals surface area contributed by atoms with Gasteiger partial charge in [0.05, 0.1) is 24.1 Å². The van der Waals surface area contributed by atoms with Gasteiger partial charge in [0.1, 0.15) is 12.2 Å². The van der Waals surface area contributed by atoms with E-state index < -0.39 is 11.6 Å². The molecule has 1 aromatic carbocycles. The fourth-order valence-corrected chi connectivity index (χ4v) is 3.04. The molecule has 2 unspecified atom stereocenters. The van der Waals surface area contributed by atoms with Gasteiger partial charge in [-0.25, -0.2) is 4.39 Å². The third kappa shape index (κ3) is 5.95. The smallest absolute Gasteiger partial charge is 0.253 e. The minimum Gasteiger partial charge on any atom is -0.487 e. The van der Waals surface area contributed by atoms with Crippen LogP contribution < -0.4 is 10.1 Å². The molecule has 29 heavy (non-hydrogen) atoms. The molecule has 4 rings (SSSR count). The zero-order valence-electron chi connectivity index (χ0n) is 16.1. The molecule has 2 heterocycles. The van der Waals surface area contributed by atoms with E-state index in [1.165, 1.54) is 12.1 Å². The number of nitrogens with zero attached hydrogens (tertiary/aromatic N) is 1. The van der Waals surface area contributed by atoms with Crippen molar-refractivity contribution in [3.05, 3.63) is 54.4 Å². The number of pyridine rings is 1. The number of hydrogen-bond donors (Lipinski definition) is 2. The first-order valence-electron chi connectivity index (χ1n) is 9.57. The van der Waals surface area contributed by atoms with Crippen molar-refractivity contribution < 1.29 is 28.2 Å². The highest BCUT2D eigenvalue weighted by Crippen LogP contribution is 2.28. The number of carbonyl (C=O) groups excluding carboxylic acids is 1. The normalized spacial score (nSPS) is 25.4. The second kappa shape index (κ2) is 9.76. The molecule has 1 saturated heterocycles. The average molecular weight is 406 g/mol. The highest BCUT2D eigenvalue weighted by atomic mass is 19.2. The number of halogens is 2. The number of anilines is 1. The maximum atomic E-state index is 13.1. The van der Waals surface area contributed by atoms with Gasteiger partial charge in [-0.1, -0.05) is 6.07 Å². The lowest BCUT2D eigenvalue weighted by molar-refractivity contribution is -0.126. The van der Waals surface area contributed by atoms with Gasteiger partial charge in [0, 0.05) is 19.0 Å². The molecule has 2 aliphatic rings. The van der Waals surface area contributed by atoms with Gasteiger partial charge in [-0.2, -0.15) is 4.39 Å². The summed E-state index contributed by atoms with van der Waals surface area (Å²) >= 11 is 0. The second-order valence-corrected chi connectivity index (χ2v) is 7.16. The van der Waals surface area contributed by atoms with Gasteiger partial charge < -0.3 is 19.9 Å². The van der Waals surface area contributed by atoms with E-state index in [4.69, 9.17) is 14.6 Å². The summed E-state index contributed by atoms with van der Waals surface area (Å²) in [6.45, 7) is 1.98. The first-order valence-corrected chi connectivity index (χ1v) is 9.57. The number of rotatable bonds is 4. The van der Waals surface area contributed by atoms with E-state index in [1.807, 2.05) is 13.0 Å². The molecule has 6 nitrogen and oxygen atoms in total. The summed E-state index contributed by atoms with van der Waals surface area (Å²) in [5.41, 5.74) is 0.714. The number of carbonyl (C=O) groups is 1. The zero-order chi connectivity index (χ0) is 20.8. The zero-order valence-corrected chi connectivity index (χ0v) is 16.1. The Kier molecular flexibility index (Phi) is 7.11. The first-order chi connectivity index (χ1) is 13.9. The average Bonchev–Trinajstić information content (AvgIpc) is 3.12. The Hall–Kier alpha value is -2.58. The molecule has 1 amide bonds. The van der Waals surface area contributed by atoms with E-state index in [9.17, 15) is 13.6 Å². The molecule has 1 aliphatic heterocycles. The molecular formula is C21H24F2N2O4. The molecule has 8 heteroatoms. The summed E-state index contributed by atoms with van der Waals surface area (Å²) in [5, 5.41) is 11.8. The van der Waals surface area contributed by atoms with E-state index in [0.717, 1.165) is 18.9 Å². The summed E-state index contributed by atoms with van der Waals surface area (Å²) in [5.74, 6) is -2.04. The van der Waals surface area contributed by atoms with E-state index >= 15 is 0 Å². The van der Waals surface area contributed by atoms with Crippen LogP contribution in [0.2, 0.25) is 0 Å². The minimum atomic E-state index is -0.964. The van der Waals surface area contributed by atoms with Crippen LogP contribution in [0.3, 0.4) is 0 Å². The van der Waals surface area contributed by atoms with E-state index in [1.54, 1.807) is 18.5 Å². The molecule has 1 aromatic heterocycles. The van der Waals surface area contributed by atoms with Crippen molar-refractivity contribution in [1.82, 2.24) is 4.98 Å². The van der Waals surface area contributed by atoms with E-state index in [2.05, 4.69) is 10.3 Å². The Morgan fingerprint density at radius 1 is 1.24 bits per heavy atom. The van der Waals surface area contributed by atoms with Crippen LogP contribution in [-0.4, -0.2) is 40.4 Å².